The Labute approximate surface area is 87.9 Å². The van der Waals surface area contributed by atoms with Crippen LogP contribution < -0.4 is 0 Å². The van der Waals surface area contributed by atoms with Crippen molar-refractivity contribution < 1.29 is 0 Å². The number of aromatic nitrogens is 2. The molecule has 2 aromatic rings. The van der Waals surface area contributed by atoms with Crippen LogP contribution in [0.5, 0.6) is 0 Å². The molecule has 0 spiro atoms. The van der Waals surface area contributed by atoms with Gasteiger partial charge in [0.1, 0.15) is 0 Å². The maximum absolute atomic E-state index is 5.89. The Morgan fingerprint density at radius 1 is 1.36 bits per heavy atom. The summed E-state index contributed by atoms with van der Waals surface area (Å²) in [5.41, 5.74) is 3.32. The number of benzene rings is 1. The second-order valence-electron chi connectivity index (χ2n) is 3.35. The van der Waals surface area contributed by atoms with E-state index < -0.39 is 0 Å². The van der Waals surface area contributed by atoms with E-state index in [1.807, 2.05) is 31.2 Å². The number of nitrogens with one attached hydrogen (secondary N) is 1. The molecule has 0 amide bonds. The Bertz CT molecular complexity index is 434. The zero-order chi connectivity index (χ0) is 9.97. The normalized spacial score (nSPS) is 10.4. The fourth-order valence-corrected chi connectivity index (χ4v) is 1.63. The summed E-state index contributed by atoms with van der Waals surface area (Å²) in [6.07, 6.45) is 0.824. The number of hydrogen-bond donors (Lipinski definition) is 1. The van der Waals surface area contributed by atoms with Crippen LogP contribution >= 0.6 is 11.6 Å². The molecule has 2 nitrogen and oxygen atoms in total. The van der Waals surface area contributed by atoms with Crippen molar-refractivity contribution in [1.29, 1.82) is 0 Å². The van der Waals surface area contributed by atoms with E-state index in [4.69, 9.17) is 11.6 Å². The Balaban J connectivity index is 2.18. The fourth-order valence-electron chi connectivity index (χ4n) is 1.42. The zero-order valence-corrected chi connectivity index (χ0v) is 8.67. The van der Waals surface area contributed by atoms with E-state index in [0.717, 1.165) is 22.8 Å². The molecule has 1 aromatic heterocycles. The van der Waals surface area contributed by atoms with Crippen LogP contribution in [0.1, 0.15) is 17.0 Å². The van der Waals surface area contributed by atoms with Gasteiger partial charge in [-0.05, 0) is 30.7 Å². The zero-order valence-electron chi connectivity index (χ0n) is 7.92. The Hall–Kier alpha value is -1.28. The first-order valence-electron chi connectivity index (χ1n) is 4.49. The van der Waals surface area contributed by atoms with Gasteiger partial charge in [-0.3, -0.25) is 5.10 Å². The predicted octanol–water partition coefficient (Wildman–Crippen LogP) is 2.96. The van der Waals surface area contributed by atoms with Gasteiger partial charge in [0, 0.05) is 17.1 Å². The molecule has 72 valence electrons. The minimum atomic E-state index is 0.773. The van der Waals surface area contributed by atoms with Crippen molar-refractivity contribution in [2.75, 3.05) is 0 Å². The average Bonchev–Trinajstić information content (AvgIpc) is 2.51. The fraction of sp³-hybridized carbons (Fsp3) is 0.182. The average molecular weight is 207 g/mol. The lowest BCUT2D eigenvalue weighted by molar-refractivity contribution is 0.980. The molecule has 0 fully saturated rings. The third-order valence-electron chi connectivity index (χ3n) is 2.03. The van der Waals surface area contributed by atoms with Crippen LogP contribution in [0.25, 0.3) is 0 Å². The number of H-pyrrole nitrogens is 1. The lowest BCUT2D eigenvalue weighted by atomic mass is 10.1. The Morgan fingerprint density at radius 2 is 2.21 bits per heavy atom. The molecule has 1 heterocycles. The number of nitrogens with zero attached hydrogens (tertiary/aromatic N) is 1. The minimum Gasteiger partial charge on any atom is -0.283 e. The summed E-state index contributed by atoms with van der Waals surface area (Å²) in [6.45, 7) is 1.99. The van der Waals surface area contributed by atoms with Gasteiger partial charge in [-0.25, -0.2) is 0 Å². The summed E-state index contributed by atoms with van der Waals surface area (Å²) in [5.74, 6) is 0. The highest BCUT2D eigenvalue weighted by atomic mass is 35.5. The Morgan fingerprint density at radius 3 is 2.86 bits per heavy atom. The summed E-state index contributed by atoms with van der Waals surface area (Å²) in [6, 6.07) is 9.89. The summed E-state index contributed by atoms with van der Waals surface area (Å²) in [4.78, 5) is 0. The molecular weight excluding hydrogens is 196 g/mol. The largest absolute Gasteiger partial charge is 0.283 e. The first-order valence-corrected chi connectivity index (χ1v) is 4.87. The van der Waals surface area contributed by atoms with Gasteiger partial charge in [0.15, 0.2) is 0 Å². The highest BCUT2D eigenvalue weighted by Gasteiger charge is 2.00. The monoisotopic (exact) mass is 206 g/mol. The lowest BCUT2D eigenvalue weighted by Crippen LogP contribution is -1.87. The van der Waals surface area contributed by atoms with Crippen LogP contribution in [0.4, 0.5) is 0 Å². The highest BCUT2D eigenvalue weighted by molar-refractivity contribution is 6.30. The van der Waals surface area contributed by atoms with Gasteiger partial charge in [0.2, 0.25) is 0 Å². The van der Waals surface area contributed by atoms with Crippen molar-refractivity contribution in [3.8, 4) is 0 Å². The van der Waals surface area contributed by atoms with E-state index in [1.54, 1.807) is 0 Å². The van der Waals surface area contributed by atoms with E-state index >= 15 is 0 Å². The summed E-state index contributed by atoms with van der Waals surface area (Å²) in [5, 5.41) is 7.87. The van der Waals surface area contributed by atoms with E-state index in [1.165, 1.54) is 5.56 Å². The van der Waals surface area contributed by atoms with Gasteiger partial charge < -0.3 is 0 Å². The van der Waals surface area contributed by atoms with E-state index in [-0.39, 0.29) is 0 Å². The van der Waals surface area contributed by atoms with E-state index in [2.05, 4.69) is 16.3 Å². The summed E-state index contributed by atoms with van der Waals surface area (Å²) >= 11 is 5.89. The predicted molar refractivity (Wildman–Crippen MR) is 57.6 cm³/mol. The van der Waals surface area contributed by atoms with Crippen LogP contribution in [0.2, 0.25) is 5.02 Å². The van der Waals surface area contributed by atoms with Gasteiger partial charge >= 0.3 is 0 Å². The van der Waals surface area contributed by atoms with Crippen molar-refractivity contribution in [1.82, 2.24) is 10.2 Å². The molecule has 1 aromatic carbocycles. The topological polar surface area (TPSA) is 28.7 Å². The highest BCUT2D eigenvalue weighted by Crippen LogP contribution is 2.13. The van der Waals surface area contributed by atoms with E-state index in [9.17, 15) is 0 Å². The maximum Gasteiger partial charge on any atom is 0.0668 e. The van der Waals surface area contributed by atoms with Gasteiger partial charge in [0.25, 0.3) is 0 Å². The van der Waals surface area contributed by atoms with E-state index in [0.29, 0.717) is 0 Å². The smallest absolute Gasteiger partial charge is 0.0668 e. The standard InChI is InChI=1S/C11H11ClN2/c1-8-5-11(14-13-8)7-9-3-2-4-10(12)6-9/h2-6H,7H2,1H3,(H,13,14). The molecular formula is C11H11ClN2. The summed E-state index contributed by atoms with van der Waals surface area (Å²) < 4.78 is 0. The molecule has 14 heavy (non-hydrogen) atoms. The number of halogens is 1. The number of rotatable bonds is 2. The quantitative estimate of drug-likeness (QED) is 0.804. The van der Waals surface area contributed by atoms with Gasteiger partial charge in [-0.2, -0.15) is 5.10 Å². The molecule has 0 saturated carbocycles. The molecule has 0 aliphatic carbocycles. The van der Waals surface area contributed by atoms with Crippen LogP contribution in [-0.4, -0.2) is 10.2 Å². The molecule has 0 unspecified atom stereocenters. The number of hydrogen-bond acceptors (Lipinski definition) is 1. The maximum atomic E-state index is 5.89. The number of aryl methyl sites for hydroxylation is 1. The SMILES string of the molecule is Cc1cc(Cc2cccc(Cl)c2)n[nH]1. The second-order valence-corrected chi connectivity index (χ2v) is 3.79. The van der Waals surface area contributed by atoms with Gasteiger partial charge in [-0.1, -0.05) is 23.7 Å². The molecule has 2 rings (SSSR count). The summed E-state index contributed by atoms with van der Waals surface area (Å²) in [7, 11) is 0. The van der Waals surface area contributed by atoms with Crippen LogP contribution in [-0.2, 0) is 6.42 Å². The Kier molecular flexibility index (Phi) is 2.55. The minimum absolute atomic E-state index is 0.773. The van der Waals surface area contributed by atoms with Crippen molar-refractivity contribution in [3.63, 3.8) is 0 Å². The molecule has 0 aliphatic heterocycles. The van der Waals surface area contributed by atoms with Crippen molar-refractivity contribution in [2.45, 2.75) is 13.3 Å². The van der Waals surface area contributed by atoms with Gasteiger partial charge in [0.05, 0.1) is 5.69 Å². The second kappa shape index (κ2) is 3.84. The van der Waals surface area contributed by atoms with Crippen molar-refractivity contribution in [2.24, 2.45) is 0 Å². The molecule has 0 saturated heterocycles. The molecule has 0 aliphatic rings. The van der Waals surface area contributed by atoms with Crippen LogP contribution in [0.3, 0.4) is 0 Å². The van der Waals surface area contributed by atoms with Crippen molar-refractivity contribution in [3.05, 3.63) is 52.3 Å². The molecule has 0 bridgehead atoms. The first kappa shape index (κ1) is 9.28. The first-order chi connectivity index (χ1) is 6.74. The molecule has 0 radical (unpaired) electrons. The van der Waals surface area contributed by atoms with Crippen LogP contribution in [0.15, 0.2) is 30.3 Å². The molecule has 1 N–H and O–H groups in total. The molecule has 3 heteroatoms. The van der Waals surface area contributed by atoms with Crippen LogP contribution in [0, 0.1) is 6.92 Å². The third-order valence-corrected chi connectivity index (χ3v) is 2.27. The lowest BCUT2D eigenvalue weighted by Gasteiger charge is -1.97. The van der Waals surface area contributed by atoms with Gasteiger partial charge in [-0.15, -0.1) is 0 Å². The van der Waals surface area contributed by atoms with Crippen molar-refractivity contribution >= 4 is 11.6 Å². The number of aromatic amines is 1. The molecule has 0 atom stereocenters. The third kappa shape index (κ3) is 2.15.